The molecule has 0 radical (unpaired) electrons. The van der Waals surface area contributed by atoms with Crippen LogP contribution in [0.2, 0.25) is 0 Å². The summed E-state index contributed by atoms with van der Waals surface area (Å²) in [5.74, 6) is 0.633. The Bertz CT molecular complexity index is 910. The van der Waals surface area contributed by atoms with Crippen LogP contribution in [-0.2, 0) is 4.74 Å². The van der Waals surface area contributed by atoms with E-state index in [4.69, 9.17) is 16.0 Å². The molecule has 4 atom stereocenters. The normalized spacial score (nSPS) is 26.6. The first-order chi connectivity index (χ1) is 14.1. The number of nitrogen functional groups attached to an aromatic ring is 1. The Morgan fingerprint density at radius 3 is 2.90 bits per heavy atom. The summed E-state index contributed by atoms with van der Waals surface area (Å²) in [7, 11) is 0. The second-order valence-corrected chi connectivity index (χ2v) is 7.17. The van der Waals surface area contributed by atoms with E-state index in [1.807, 2.05) is 0 Å². The van der Waals surface area contributed by atoms with Gasteiger partial charge in [-0.2, -0.15) is 0 Å². The highest BCUT2D eigenvalue weighted by Gasteiger charge is 2.46. The van der Waals surface area contributed by atoms with Crippen molar-refractivity contribution in [3.8, 4) is 0 Å². The van der Waals surface area contributed by atoms with Crippen LogP contribution >= 0.6 is 0 Å². The van der Waals surface area contributed by atoms with Gasteiger partial charge in [-0.3, -0.25) is 9.47 Å². The fourth-order valence-corrected chi connectivity index (χ4v) is 3.45. The summed E-state index contributed by atoms with van der Waals surface area (Å²) < 4.78 is 7.64. The minimum absolute atomic E-state index is 0.217. The number of hydrogen-bond acceptors (Lipinski definition) is 10. The number of nitrogens with two attached hydrogens (primary N) is 1. The van der Waals surface area contributed by atoms with E-state index in [-0.39, 0.29) is 5.82 Å². The number of fused-ring (bicyclic) bond motifs is 1. The van der Waals surface area contributed by atoms with E-state index < -0.39 is 24.5 Å². The van der Waals surface area contributed by atoms with Gasteiger partial charge in [-0.25, -0.2) is 15.0 Å². The van der Waals surface area contributed by atoms with Crippen molar-refractivity contribution in [1.29, 1.82) is 0 Å². The van der Waals surface area contributed by atoms with Crippen molar-refractivity contribution < 1.29 is 14.9 Å². The molecular weight excluding hydrogens is 380 g/mol. The van der Waals surface area contributed by atoms with Crippen LogP contribution in [0.3, 0.4) is 0 Å². The monoisotopic (exact) mass is 404 g/mol. The van der Waals surface area contributed by atoms with Crippen molar-refractivity contribution in [3.63, 3.8) is 0 Å². The molecule has 0 unspecified atom stereocenters. The molecule has 2 saturated heterocycles. The second kappa shape index (κ2) is 8.35. The van der Waals surface area contributed by atoms with E-state index in [1.165, 1.54) is 6.33 Å². The maximum absolute atomic E-state index is 10.7. The SMILES string of the molecule is [N-]=[N+]=NCCCCNc1nc2c(N)ncnc2n1[C@@H]1O[C@H](CN2CC2)[C@@H](O)[C@H]1O. The van der Waals surface area contributed by atoms with Gasteiger partial charge in [-0.15, -0.1) is 0 Å². The standard InChI is InChI=1S/C16H24N10O3/c17-13-10-14(21-8-20-13)26(16(23-10)19-3-1-2-4-22-24-18)15-12(28)11(27)9(29-15)7-25-5-6-25/h8-9,11-12,15,27-28H,1-7H2,(H,19,23)(H2,17,20,21)/t9-,11-,12-,15-/m1/s1. The van der Waals surface area contributed by atoms with Crippen molar-refractivity contribution in [2.45, 2.75) is 37.4 Å². The van der Waals surface area contributed by atoms with Gasteiger partial charge in [0.2, 0.25) is 5.95 Å². The summed E-state index contributed by atoms with van der Waals surface area (Å²) in [4.78, 5) is 17.6. The number of unbranched alkanes of at least 4 members (excludes halogenated alkanes) is 1. The Hall–Kier alpha value is -2.70. The molecule has 0 bridgehead atoms. The molecule has 4 heterocycles. The van der Waals surface area contributed by atoms with Gasteiger partial charge in [0.05, 0.1) is 0 Å². The van der Waals surface area contributed by atoms with E-state index in [9.17, 15) is 10.2 Å². The molecule has 2 aromatic heterocycles. The fourth-order valence-electron chi connectivity index (χ4n) is 3.45. The van der Waals surface area contributed by atoms with Crippen LogP contribution in [0.1, 0.15) is 19.1 Å². The molecule has 13 heteroatoms. The van der Waals surface area contributed by atoms with Crippen LogP contribution in [0.25, 0.3) is 21.6 Å². The molecular formula is C16H24N10O3. The van der Waals surface area contributed by atoms with E-state index in [0.717, 1.165) is 25.9 Å². The van der Waals surface area contributed by atoms with E-state index in [0.29, 0.717) is 36.7 Å². The third kappa shape index (κ3) is 4.04. The Kier molecular flexibility index (Phi) is 5.65. The lowest BCUT2D eigenvalue weighted by atomic mass is 10.1. The summed E-state index contributed by atoms with van der Waals surface area (Å²) in [6, 6.07) is 0. The molecule has 4 rings (SSSR count). The Morgan fingerprint density at radius 1 is 1.31 bits per heavy atom. The highest BCUT2D eigenvalue weighted by atomic mass is 16.6. The maximum atomic E-state index is 10.7. The Balaban J connectivity index is 1.57. The molecule has 156 valence electrons. The zero-order valence-corrected chi connectivity index (χ0v) is 15.8. The van der Waals surface area contributed by atoms with Gasteiger partial charge >= 0.3 is 0 Å². The minimum Gasteiger partial charge on any atom is -0.387 e. The van der Waals surface area contributed by atoms with Crippen molar-refractivity contribution in [3.05, 3.63) is 16.8 Å². The van der Waals surface area contributed by atoms with Crippen molar-refractivity contribution in [2.24, 2.45) is 5.11 Å². The second-order valence-electron chi connectivity index (χ2n) is 7.17. The number of azide groups is 1. The summed E-state index contributed by atoms with van der Waals surface area (Å²) in [6.45, 7) is 3.46. The number of rotatable bonds is 9. The van der Waals surface area contributed by atoms with Gasteiger partial charge in [0, 0.05) is 37.6 Å². The molecule has 0 spiro atoms. The van der Waals surface area contributed by atoms with E-state index in [1.54, 1.807) is 4.57 Å². The van der Waals surface area contributed by atoms with E-state index in [2.05, 4.69) is 35.2 Å². The first kappa shape index (κ1) is 19.6. The predicted molar refractivity (Wildman–Crippen MR) is 104 cm³/mol. The molecule has 5 N–H and O–H groups in total. The first-order valence-corrected chi connectivity index (χ1v) is 9.57. The number of ether oxygens (including phenoxy) is 1. The number of imidazole rings is 1. The summed E-state index contributed by atoms with van der Waals surface area (Å²) in [5, 5.41) is 27.8. The highest BCUT2D eigenvalue weighted by molar-refractivity contribution is 5.84. The van der Waals surface area contributed by atoms with Crippen LogP contribution in [0.15, 0.2) is 11.4 Å². The van der Waals surface area contributed by atoms with Crippen LogP contribution in [0, 0.1) is 0 Å². The molecule has 0 aromatic carbocycles. The highest BCUT2D eigenvalue weighted by Crippen LogP contribution is 2.35. The number of anilines is 2. The quantitative estimate of drug-likeness (QED) is 0.145. The third-order valence-corrected chi connectivity index (χ3v) is 5.11. The zero-order chi connectivity index (χ0) is 20.4. The molecule has 2 aliphatic heterocycles. The van der Waals surface area contributed by atoms with Gasteiger partial charge in [-0.05, 0) is 18.4 Å². The number of nitrogens with zero attached hydrogens (tertiary/aromatic N) is 8. The Morgan fingerprint density at radius 2 is 2.14 bits per heavy atom. The number of aromatic nitrogens is 4. The lowest BCUT2D eigenvalue weighted by Gasteiger charge is -2.19. The molecule has 0 amide bonds. The lowest BCUT2D eigenvalue weighted by molar-refractivity contribution is -0.0364. The topological polar surface area (TPSA) is 183 Å². The molecule has 0 aliphatic carbocycles. The summed E-state index contributed by atoms with van der Waals surface area (Å²) in [6.07, 6.45) is -0.737. The molecule has 2 aromatic rings. The van der Waals surface area contributed by atoms with Gasteiger partial charge < -0.3 is 26.0 Å². The van der Waals surface area contributed by atoms with Gasteiger partial charge in [0.15, 0.2) is 23.2 Å². The van der Waals surface area contributed by atoms with Crippen LogP contribution < -0.4 is 11.1 Å². The third-order valence-electron chi connectivity index (χ3n) is 5.11. The average molecular weight is 404 g/mol. The Labute approximate surface area is 166 Å². The van der Waals surface area contributed by atoms with Gasteiger partial charge in [-0.1, -0.05) is 5.11 Å². The molecule has 13 nitrogen and oxygen atoms in total. The van der Waals surface area contributed by atoms with Gasteiger partial charge in [0.1, 0.15) is 24.6 Å². The number of hydrogen-bond donors (Lipinski definition) is 4. The largest absolute Gasteiger partial charge is 0.387 e. The van der Waals surface area contributed by atoms with Crippen LogP contribution in [0.5, 0.6) is 0 Å². The molecule has 2 fully saturated rings. The maximum Gasteiger partial charge on any atom is 0.207 e. The van der Waals surface area contributed by atoms with Crippen LogP contribution in [0.4, 0.5) is 11.8 Å². The lowest BCUT2D eigenvalue weighted by Crippen LogP contribution is -2.35. The molecule has 29 heavy (non-hydrogen) atoms. The predicted octanol–water partition coefficient (Wildman–Crippen LogP) is -0.154. The molecule has 0 saturated carbocycles. The van der Waals surface area contributed by atoms with Gasteiger partial charge in [0.25, 0.3) is 0 Å². The van der Waals surface area contributed by atoms with Crippen LogP contribution in [-0.4, -0.2) is 85.7 Å². The van der Waals surface area contributed by atoms with E-state index >= 15 is 0 Å². The van der Waals surface area contributed by atoms with Crippen molar-refractivity contribution >= 4 is 22.9 Å². The summed E-state index contributed by atoms with van der Waals surface area (Å²) in [5.41, 5.74) is 15.1. The minimum atomic E-state index is -1.14. The average Bonchev–Trinajstić information content (AvgIpc) is 3.40. The molecule has 2 aliphatic rings. The van der Waals surface area contributed by atoms with Crippen molar-refractivity contribution in [1.82, 2.24) is 24.4 Å². The number of aliphatic hydroxyl groups is 2. The number of nitrogens with one attached hydrogen (secondary N) is 1. The smallest absolute Gasteiger partial charge is 0.207 e. The zero-order valence-electron chi connectivity index (χ0n) is 15.8. The van der Waals surface area contributed by atoms with Crippen molar-refractivity contribution in [2.75, 3.05) is 43.8 Å². The number of aliphatic hydroxyl groups excluding tert-OH is 2. The fraction of sp³-hybridized carbons (Fsp3) is 0.688. The summed E-state index contributed by atoms with van der Waals surface area (Å²) >= 11 is 0. The first-order valence-electron chi connectivity index (χ1n) is 9.57.